The third kappa shape index (κ3) is 5.32. The van der Waals surface area contributed by atoms with Gasteiger partial charge in [0.05, 0.1) is 18.7 Å². The number of nitrogens with zero attached hydrogens (tertiary/aromatic N) is 2. The first-order chi connectivity index (χ1) is 15.6. The molecule has 0 aliphatic rings. The van der Waals surface area contributed by atoms with Gasteiger partial charge in [0, 0.05) is 17.7 Å². The second-order valence-corrected chi connectivity index (χ2v) is 7.26. The van der Waals surface area contributed by atoms with Crippen LogP contribution in [0.4, 0.5) is 0 Å². The molecule has 1 aromatic heterocycles. The Labute approximate surface area is 189 Å². The fourth-order valence-electron chi connectivity index (χ4n) is 2.97. The molecule has 162 valence electrons. The lowest BCUT2D eigenvalue weighted by molar-refractivity contribution is -0.139. The number of para-hydroxylation sites is 1. The number of methoxy groups -OCH3 is 1. The van der Waals surface area contributed by atoms with Crippen molar-refractivity contribution >= 4 is 17.6 Å². The van der Waals surface area contributed by atoms with Gasteiger partial charge in [-0.25, -0.2) is 0 Å². The van der Waals surface area contributed by atoms with Gasteiger partial charge in [-0.15, -0.1) is 0 Å². The first-order valence-corrected chi connectivity index (χ1v) is 10.2. The number of benzene rings is 3. The zero-order valence-corrected chi connectivity index (χ0v) is 18.0. The van der Waals surface area contributed by atoms with Crippen LogP contribution in [0.3, 0.4) is 0 Å². The molecule has 1 N–H and O–H groups in total. The molecule has 0 aliphatic carbocycles. The Balaban J connectivity index is 1.43. The molecule has 0 radical (unpaired) electrons. The lowest BCUT2D eigenvalue weighted by atomic mass is 10.1. The van der Waals surface area contributed by atoms with Crippen LogP contribution in [0.5, 0.6) is 11.5 Å². The van der Waals surface area contributed by atoms with Crippen LogP contribution in [0.25, 0.3) is 22.8 Å². The number of halogens is 1. The van der Waals surface area contributed by atoms with Gasteiger partial charge in [0.25, 0.3) is 5.89 Å². The minimum absolute atomic E-state index is 0.124. The van der Waals surface area contributed by atoms with Gasteiger partial charge in [-0.05, 0) is 54.1 Å². The van der Waals surface area contributed by atoms with E-state index in [9.17, 15) is 4.79 Å². The number of hydrogen-bond donors (Lipinski definition) is 1. The van der Waals surface area contributed by atoms with Crippen LogP contribution in [-0.4, -0.2) is 29.8 Å². The Hall–Kier alpha value is -3.68. The van der Waals surface area contributed by atoms with Crippen LogP contribution in [0.1, 0.15) is 5.56 Å². The van der Waals surface area contributed by atoms with Gasteiger partial charge in [-0.1, -0.05) is 41.0 Å². The van der Waals surface area contributed by atoms with Crippen LogP contribution < -0.4 is 10.1 Å². The second-order valence-electron chi connectivity index (χ2n) is 6.86. The third-order valence-electron chi connectivity index (χ3n) is 4.61. The normalized spacial score (nSPS) is 10.7. The average Bonchev–Trinajstić information content (AvgIpc) is 3.30. The predicted octanol–water partition coefficient (Wildman–Crippen LogP) is 5.11. The number of nitrogens with one attached hydrogen (secondary N) is 1. The summed E-state index contributed by atoms with van der Waals surface area (Å²) in [5.41, 5.74) is 2.34. The average molecular weight is 450 g/mol. The van der Waals surface area contributed by atoms with E-state index in [0.29, 0.717) is 34.6 Å². The van der Waals surface area contributed by atoms with Gasteiger partial charge in [0.2, 0.25) is 5.82 Å². The quantitative estimate of drug-likeness (QED) is 0.374. The maximum absolute atomic E-state index is 11.2. The van der Waals surface area contributed by atoms with Crippen LogP contribution >= 0.6 is 11.6 Å². The van der Waals surface area contributed by atoms with E-state index in [-0.39, 0.29) is 12.5 Å². The van der Waals surface area contributed by atoms with Crippen molar-refractivity contribution in [2.24, 2.45) is 0 Å². The Morgan fingerprint density at radius 3 is 2.50 bits per heavy atom. The van der Waals surface area contributed by atoms with E-state index in [0.717, 1.165) is 16.9 Å². The zero-order chi connectivity index (χ0) is 22.3. The number of carbonyl (C=O) groups is 1. The first kappa shape index (κ1) is 21.5. The minimum atomic E-state index is -0.327. The summed E-state index contributed by atoms with van der Waals surface area (Å²) in [5.74, 6) is 1.92. The topological polar surface area (TPSA) is 86.5 Å². The highest BCUT2D eigenvalue weighted by atomic mass is 35.5. The standard InChI is InChI=1S/C24H20ClN3O4/c1-30-22(29)15-26-14-16-7-12-20(21(25)13-16)23-27-24(32-28-23)17-8-10-19(11-9-17)31-18-5-3-2-4-6-18/h2-13,26H,14-15H2,1H3. The molecule has 0 spiro atoms. The van der Waals surface area contributed by atoms with Gasteiger partial charge < -0.3 is 19.3 Å². The van der Waals surface area contributed by atoms with Crippen LogP contribution in [0.15, 0.2) is 77.3 Å². The molecular formula is C24H20ClN3O4. The van der Waals surface area contributed by atoms with Gasteiger partial charge in [-0.3, -0.25) is 4.79 Å². The molecule has 32 heavy (non-hydrogen) atoms. The van der Waals surface area contributed by atoms with Crippen molar-refractivity contribution in [2.45, 2.75) is 6.54 Å². The molecule has 4 aromatic rings. The Morgan fingerprint density at radius 1 is 1.03 bits per heavy atom. The fraction of sp³-hybridized carbons (Fsp3) is 0.125. The summed E-state index contributed by atoms with van der Waals surface area (Å²) in [5, 5.41) is 7.54. The number of carbonyl (C=O) groups excluding carboxylic acids is 1. The highest BCUT2D eigenvalue weighted by Crippen LogP contribution is 2.30. The van der Waals surface area contributed by atoms with E-state index in [1.54, 1.807) is 6.07 Å². The maximum Gasteiger partial charge on any atom is 0.319 e. The van der Waals surface area contributed by atoms with Crippen LogP contribution in [0.2, 0.25) is 5.02 Å². The molecule has 7 nitrogen and oxygen atoms in total. The largest absolute Gasteiger partial charge is 0.468 e. The summed E-state index contributed by atoms with van der Waals surface area (Å²) in [6, 6.07) is 22.5. The number of rotatable bonds is 8. The zero-order valence-electron chi connectivity index (χ0n) is 17.2. The summed E-state index contributed by atoms with van der Waals surface area (Å²) in [4.78, 5) is 15.7. The molecule has 0 saturated heterocycles. The van der Waals surface area contributed by atoms with Crippen molar-refractivity contribution in [1.82, 2.24) is 15.5 Å². The Kier molecular flexibility index (Phi) is 6.79. The van der Waals surface area contributed by atoms with E-state index in [1.807, 2.05) is 66.7 Å². The second kappa shape index (κ2) is 10.1. The Morgan fingerprint density at radius 2 is 1.78 bits per heavy atom. The number of hydrogen-bond acceptors (Lipinski definition) is 7. The molecule has 0 fully saturated rings. The van der Waals surface area contributed by atoms with E-state index in [2.05, 4.69) is 20.2 Å². The molecule has 0 saturated carbocycles. The highest BCUT2D eigenvalue weighted by Gasteiger charge is 2.14. The van der Waals surface area contributed by atoms with Crippen molar-refractivity contribution in [3.63, 3.8) is 0 Å². The van der Waals surface area contributed by atoms with E-state index < -0.39 is 0 Å². The van der Waals surface area contributed by atoms with E-state index in [4.69, 9.17) is 20.9 Å². The molecule has 0 aliphatic heterocycles. The van der Waals surface area contributed by atoms with Gasteiger partial charge >= 0.3 is 5.97 Å². The summed E-state index contributed by atoms with van der Waals surface area (Å²) >= 11 is 6.43. The van der Waals surface area contributed by atoms with Crippen molar-refractivity contribution in [3.8, 4) is 34.3 Å². The summed E-state index contributed by atoms with van der Waals surface area (Å²) < 4.78 is 15.8. The molecule has 0 atom stereocenters. The smallest absolute Gasteiger partial charge is 0.319 e. The van der Waals surface area contributed by atoms with E-state index in [1.165, 1.54) is 7.11 Å². The van der Waals surface area contributed by atoms with Crippen LogP contribution in [-0.2, 0) is 16.1 Å². The Bertz CT molecular complexity index is 1190. The number of aromatic nitrogens is 2. The van der Waals surface area contributed by atoms with Crippen molar-refractivity contribution in [1.29, 1.82) is 0 Å². The molecular weight excluding hydrogens is 430 g/mol. The molecule has 0 unspecified atom stereocenters. The SMILES string of the molecule is COC(=O)CNCc1ccc(-c2noc(-c3ccc(Oc4ccccc4)cc3)n2)c(Cl)c1. The molecule has 8 heteroatoms. The molecule has 3 aromatic carbocycles. The predicted molar refractivity (Wildman–Crippen MR) is 120 cm³/mol. The maximum atomic E-state index is 11.2. The monoisotopic (exact) mass is 449 g/mol. The minimum Gasteiger partial charge on any atom is -0.468 e. The molecule has 0 amide bonds. The van der Waals surface area contributed by atoms with Crippen molar-refractivity contribution < 1.29 is 18.8 Å². The van der Waals surface area contributed by atoms with Crippen LogP contribution in [0, 0.1) is 0 Å². The summed E-state index contributed by atoms with van der Waals surface area (Å²) in [6.07, 6.45) is 0. The lowest BCUT2D eigenvalue weighted by Gasteiger charge is -2.06. The third-order valence-corrected chi connectivity index (χ3v) is 4.92. The lowest BCUT2D eigenvalue weighted by Crippen LogP contribution is -2.23. The van der Waals surface area contributed by atoms with Gasteiger partial charge in [0.1, 0.15) is 11.5 Å². The molecule has 4 rings (SSSR count). The fourth-order valence-corrected chi connectivity index (χ4v) is 3.26. The number of esters is 1. The van der Waals surface area contributed by atoms with Gasteiger partial charge in [-0.2, -0.15) is 4.98 Å². The van der Waals surface area contributed by atoms with Crippen molar-refractivity contribution in [2.75, 3.05) is 13.7 Å². The molecule has 1 heterocycles. The molecule has 0 bridgehead atoms. The summed E-state index contributed by atoms with van der Waals surface area (Å²) in [7, 11) is 1.35. The van der Waals surface area contributed by atoms with E-state index >= 15 is 0 Å². The van der Waals surface area contributed by atoms with Crippen molar-refractivity contribution in [3.05, 3.63) is 83.4 Å². The van der Waals surface area contributed by atoms with Gasteiger partial charge in [0.15, 0.2) is 0 Å². The summed E-state index contributed by atoms with van der Waals surface area (Å²) in [6.45, 7) is 0.600. The number of ether oxygens (including phenoxy) is 2. The first-order valence-electron chi connectivity index (χ1n) is 9.86. The highest BCUT2D eigenvalue weighted by molar-refractivity contribution is 6.33.